The first kappa shape index (κ1) is 28.3. The Morgan fingerprint density at radius 2 is 0.868 bits per heavy atom. The van der Waals surface area contributed by atoms with Crippen LogP contribution < -0.4 is 10.6 Å². The zero-order chi connectivity index (χ0) is 27.5. The molecule has 2 aliphatic heterocycles. The molecular formula is C32H48N4O2+2. The van der Waals surface area contributed by atoms with Crippen molar-refractivity contribution >= 4 is 23.2 Å². The van der Waals surface area contributed by atoms with Crippen molar-refractivity contribution in [3.05, 3.63) is 46.5 Å². The minimum atomic E-state index is 0.0980. The van der Waals surface area contributed by atoms with E-state index in [0.29, 0.717) is 13.1 Å². The molecule has 0 aromatic heterocycles. The van der Waals surface area contributed by atoms with Gasteiger partial charge in [0.05, 0.1) is 40.3 Å². The summed E-state index contributed by atoms with van der Waals surface area (Å²) in [5.74, 6) is 0.196. The van der Waals surface area contributed by atoms with Crippen LogP contribution in [0.15, 0.2) is 24.3 Å². The maximum absolute atomic E-state index is 12.9. The van der Waals surface area contributed by atoms with E-state index >= 15 is 0 Å². The molecule has 2 aromatic rings. The highest BCUT2D eigenvalue weighted by Crippen LogP contribution is 2.33. The fraction of sp³-hybridized carbons (Fsp3) is 0.562. The molecule has 2 N–H and O–H groups in total. The molecule has 2 aliphatic rings. The second-order valence-electron chi connectivity index (χ2n) is 12.6. The molecule has 4 rings (SSSR count). The Morgan fingerprint density at radius 3 is 1.16 bits per heavy atom. The Morgan fingerprint density at radius 1 is 0.579 bits per heavy atom. The fourth-order valence-electron chi connectivity index (χ4n) is 6.57. The number of anilines is 2. The zero-order valence-electron chi connectivity index (χ0n) is 24.5. The van der Waals surface area contributed by atoms with Gasteiger partial charge in [-0.3, -0.25) is 9.59 Å². The summed E-state index contributed by atoms with van der Waals surface area (Å²) in [4.78, 5) is 25.9. The number of quaternary nitrogens is 2. The summed E-state index contributed by atoms with van der Waals surface area (Å²) < 4.78 is 1.67. The van der Waals surface area contributed by atoms with Gasteiger partial charge in [-0.2, -0.15) is 0 Å². The monoisotopic (exact) mass is 520 g/mol. The molecule has 2 fully saturated rings. The summed E-state index contributed by atoms with van der Waals surface area (Å²) in [5, 5.41) is 6.43. The molecule has 0 spiro atoms. The highest BCUT2D eigenvalue weighted by molar-refractivity contribution is 5.95. The second kappa shape index (κ2) is 11.6. The van der Waals surface area contributed by atoms with Gasteiger partial charge in [-0.1, -0.05) is 0 Å². The number of carbonyl (C=O) groups excluding carboxylic acids is 2. The van der Waals surface area contributed by atoms with Crippen LogP contribution in [0.2, 0.25) is 0 Å². The van der Waals surface area contributed by atoms with Crippen LogP contribution in [0.4, 0.5) is 11.4 Å². The highest BCUT2D eigenvalue weighted by Gasteiger charge is 2.29. The van der Waals surface area contributed by atoms with Gasteiger partial charge in [0.15, 0.2) is 13.1 Å². The van der Waals surface area contributed by atoms with E-state index in [0.717, 1.165) is 79.9 Å². The molecule has 0 radical (unpaired) electrons. The molecule has 0 atom stereocenters. The zero-order valence-corrected chi connectivity index (χ0v) is 24.5. The van der Waals surface area contributed by atoms with Crippen LogP contribution in [0.25, 0.3) is 11.1 Å². The van der Waals surface area contributed by atoms with E-state index in [1.165, 1.54) is 38.5 Å². The standard InChI is InChI=1S/C32H46N4O2/c1-23-17-27(18-24(2)31(23)33-29(37)21-35(5)13-9-7-10-14-35)28-19-25(3)32(26(4)20-28)34-30(38)22-36(6)15-11-8-12-16-36/h17-20H,7-16,21-22H2,1-6H3/p+2. The summed E-state index contributed by atoms with van der Waals surface area (Å²) in [6.07, 6.45) is 7.38. The molecule has 2 amide bonds. The molecule has 0 bridgehead atoms. The van der Waals surface area contributed by atoms with Crippen LogP contribution in [0.1, 0.15) is 60.8 Å². The van der Waals surface area contributed by atoms with Crippen LogP contribution >= 0.6 is 0 Å². The van der Waals surface area contributed by atoms with Gasteiger partial charge in [0.25, 0.3) is 11.8 Å². The van der Waals surface area contributed by atoms with Crippen molar-refractivity contribution in [2.24, 2.45) is 0 Å². The lowest BCUT2D eigenvalue weighted by atomic mass is 9.95. The first-order valence-electron chi connectivity index (χ1n) is 14.5. The number of carbonyl (C=O) groups is 2. The lowest BCUT2D eigenvalue weighted by Crippen LogP contribution is -2.52. The summed E-state index contributed by atoms with van der Waals surface area (Å²) in [5.41, 5.74) is 8.39. The number of amides is 2. The number of rotatable bonds is 7. The molecular weight excluding hydrogens is 472 g/mol. The average molecular weight is 521 g/mol. The Hall–Kier alpha value is -2.70. The minimum absolute atomic E-state index is 0.0980. The molecule has 0 saturated carbocycles. The van der Waals surface area contributed by atoms with E-state index in [1.54, 1.807) is 0 Å². The number of benzene rings is 2. The third kappa shape index (κ3) is 6.83. The molecule has 0 unspecified atom stereocenters. The fourth-order valence-corrected chi connectivity index (χ4v) is 6.57. The Kier molecular flexibility index (Phi) is 8.63. The lowest BCUT2D eigenvalue weighted by Gasteiger charge is -2.37. The molecule has 0 aliphatic carbocycles. The van der Waals surface area contributed by atoms with E-state index in [2.05, 4.69) is 76.7 Å². The number of aryl methyl sites for hydroxylation is 4. The van der Waals surface area contributed by atoms with E-state index in [-0.39, 0.29) is 11.8 Å². The van der Waals surface area contributed by atoms with E-state index in [9.17, 15) is 9.59 Å². The minimum Gasteiger partial charge on any atom is -0.321 e. The van der Waals surface area contributed by atoms with Crippen LogP contribution in [0.5, 0.6) is 0 Å². The number of nitrogens with zero attached hydrogens (tertiary/aromatic N) is 2. The largest absolute Gasteiger partial charge is 0.321 e. The van der Waals surface area contributed by atoms with Crippen LogP contribution in [-0.4, -0.2) is 74.1 Å². The van der Waals surface area contributed by atoms with Gasteiger partial charge in [-0.15, -0.1) is 0 Å². The third-order valence-electron chi connectivity index (χ3n) is 8.77. The molecule has 6 nitrogen and oxygen atoms in total. The van der Waals surface area contributed by atoms with Crippen molar-refractivity contribution in [2.45, 2.75) is 66.2 Å². The van der Waals surface area contributed by atoms with Crippen molar-refractivity contribution in [1.29, 1.82) is 0 Å². The van der Waals surface area contributed by atoms with Gasteiger partial charge < -0.3 is 19.6 Å². The normalized spacial score (nSPS) is 18.6. The number of likely N-dealkylation sites (tertiary alicyclic amines) is 2. The predicted molar refractivity (Wildman–Crippen MR) is 157 cm³/mol. The summed E-state index contributed by atoms with van der Waals surface area (Å²) in [6.45, 7) is 13.7. The number of nitrogens with one attached hydrogen (secondary N) is 2. The molecule has 2 saturated heterocycles. The van der Waals surface area contributed by atoms with E-state index in [4.69, 9.17) is 0 Å². The number of hydrogen-bond donors (Lipinski definition) is 2. The number of piperidine rings is 2. The molecule has 6 heteroatoms. The summed E-state index contributed by atoms with van der Waals surface area (Å²) in [6, 6.07) is 8.64. The van der Waals surface area contributed by atoms with E-state index in [1.807, 2.05) is 0 Å². The highest BCUT2D eigenvalue weighted by atomic mass is 16.2. The Bertz CT molecular complexity index is 1050. The predicted octanol–water partition coefficient (Wildman–Crippen LogP) is 5.73. The maximum Gasteiger partial charge on any atom is 0.279 e. The smallest absolute Gasteiger partial charge is 0.279 e. The van der Waals surface area contributed by atoms with Gasteiger partial charge >= 0.3 is 0 Å². The van der Waals surface area contributed by atoms with Crippen molar-refractivity contribution in [2.75, 3.05) is 64.0 Å². The molecule has 38 heavy (non-hydrogen) atoms. The number of likely N-dealkylation sites (N-methyl/N-ethyl adjacent to an activating group) is 2. The lowest BCUT2D eigenvalue weighted by molar-refractivity contribution is -0.906. The van der Waals surface area contributed by atoms with Gasteiger partial charge in [-0.25, -0.2) is 0 Å². The summed E-state index contributed by atoms with van der Waals surface area (Å²) >= 11 is 0. The van der Waals surface area contributed by atoms with Gasteiger partial charge in [0.2, 0.25) is 0 Å². The van der Waals surface area contributed by atoms with Crippen LogP contribution in [0, 0.1) is 27.7 Å². The van der Waals surface area contributed by atoms with Gasteiger partial charge in [0.1, 0.15) is 0 Å². The SMILES string of the molecule is Cc1cc(-c2cc(C)c(NC(=O)C[N+]3(C)CCCCC3)c(C)c2)cc(C)c1NC(=O)C[N+]1(C)CCCCC1. The van der Waals surface area contributed by atoms with Crippen molar-refractivity contribution in [3.63, 3.8) is 0 Å². The first-order chi connectivity index (χ1) is 18.0. The Balaban J connectivity index is 1.47. The quantitative estimate of drug-likeness (QED) is 0.459. The van der Waals surface area contributed by atoms with Crippen LogP contribution in [0.3, 0.4) is 0 Å². The van der Waals surface area contributed by atoms with Crippen molar-refractivity contribution in [3.8, 4) is 11.1 Å². The maximum atomic E-state index is 12.9. The molecule has 2 aromatic carbocycles. The second-order valence-corrected chi connectivity index (χ2v) is 12.6. The van der Waals surface area contributed by atoms with E-state index < -0.39 is 0 Å². The first-order valence-corrected chi connectivity index (χ1v) is 14.5. The summed E-state index contributed by atoms with van der Waals surface area (Å²) in [7, 11) is 4.40. The van der Waals surface area contributed by atoms with Gasteiger partial charge in [-0.05, 0) is 124 Å². The molecule has 206 valence electrons. The third-order valence-corrected chi connectivity index (χ3v) is 8.77. The average Bonchev–Trinajstić information content (AvgIpc) is 2.83. The molecule has 2 heterocycles. The van der Waals surface area contributed by atoms with Gasteiger partial charge in [0, 0.05) is 11.4 Å². The Labute approximate surface area is 229 Å². The topological polar surface area (TPSA) is 58.2 Å². The van der Waals surface area contributed by atoms with Crippen molar-refractivity contribution < 1.29 is 18.6 Å². The number of hydrogen-bond acceptors (Lipinski definition) is 2. The van der Waals surface area contributed by atoms with Crippen molar-refractivity contribution in [1.82, 2.24) is 0 Å². The van der Waals surface area contributed by atoms with Crippen LogP contribution in [-0.2, 0) is 9.59 Å².